The third kappa shape index (κ3) is 4.14. The van der Waals surface area contributed by atoms with Gasteiger partial charge in [-0.05, 0) is 24.3 Å². The first kappa shape index (κ1) is 11.6. The first-order valence-electron chi connectivity index (χ1n) is 4.34. The summed E-state index contributed by atoms with van der Waals surface area (Å²) >= 11 is 0. The fraction of sp³-hybridized carbons (Fsp3) is 0. The first-order chi connectivity index (χ1) is 7.70. The summed E-state index contributed by atoms with van der Waals surface area (Å²) in [4.78, 5) is 21.0. The van der Waals surface area contributed by atoms with E-state index in [1.807, 2.05) is 0 Å². The second kappa shape index (κ2) is 6.07. The quantitative estimate of drug-likeness (QED) is 0.687. The maximum Gasteiger partial charge on any atom is 0.335 e. The van der Waals surface area contributed by atoms with Crippen LogP contribution in [0.15, 0.2) is 43.2 Å². The molecule has 0 fully saturated rings. The monoisotopic (exact) mass is 218 g/mol. The van der Waals surface area contributed by atoms with E-state index in [9.17, 15) is 4.79 Å². The third-order valence-corrected chi connectivity index (χ3v) is 1.56. The Labute approximate surface area is 91.8 Å². The fourth-order valence-electron chi connectivity index (χ4n) is 0.831. The van der Waals surface area contributed by atoms with Gasteiger partial charge < -0.3 is 10.8 Å². The van der Waals surface area contributed by atoms with Crippen molar-refractivity contribution < 1.29 is 9.90 Å². The number of hydrogen-bond donors (Lipinski definition) is 2. The molecule has 0 aliphatic heterocycles. The predicted molar refractivity (Wildman–Crippen MR) is 57.6 cm³/mol. The number of nitrogens with zero attached hydrogens (tertiary/aromatic N) is 3. The number of benzene rings is 1. The maximum absolute atomic E-state index is 10.3. The van der Waals surface area contributed by atoms with Crippen LogP contribution >= 0.6 is 0 Å². The highest BCUT2D eigenvalue weighted by Crippen LogP contribution is 2.04. The lowest BCUT2D eigenvalue weighted by Crippen LogP contribution is -1.95. The zero-order valence-corrected chi connectivity index (χ0v) is 8.32. The fourth-order valence-corrected chi connectivity index (χ4v) is 0.831. The van der Waals surface area contributed by atoms with Gasteiger partial charge in [0.2, 0.25) is 0 Å². The highest BCUT2D eigenvalue weighted by atomic mass is 16.4. The van der Waals surface area contributed by atoms with Gasteiger partial charge >= 0.3 is 5.97 Å². The number of rotatable bonds is 1. The van der Waals surface area contributed by atoms with E-state index in [0.29, 0.717) is 5.69 Å². The van der Waals surface area contributed by atoms with Crippen LogP contribution in [0.2, 0.25) is 0 Å². The number of aromatic nitrogens is 3. The molecule has 0 aliphatic rings. The van der Waals surface area contributed by atoms with Crippen LogP contribution < -0.4 is 5.73 Å². The Balaban J connectivity index is 0.000000181. The topological polar surface area (TPSA) is 102 Å². The summed E-state index contributed by atoms with van der Waals surface area (Å²) in [6.45, 7) is 0. The van der Waals surface area contributed by atoms with Crippen LogP contribution in [0.3, 0.4) is 0 Å². The van der Waals surface area contributed by atoms with Gasteiger partial charge in [-0.2, -0.15) is 0 Å². The molecule has 6 heteroatoms. The molecule has 1 aromatic carbocycles. The summed E-state index contributed by atoms with van der Waals surface area (Å²) in [5.74, 6) is -0.931. The molecule has 0 saturated carbocycles. The zero-order valence-electron chi connectivity index (χ0n) is 8.32. The van der Waals surface area contributed by atoms with E-state index in [2.05, 4.69) is 15.0 Å². The average Bonchev–Trinajstić information content (AvgIpc) is 2.32. The van der Waals surface area contributed by atoms with E-state index in [1.165, 1.54) is 31.1 Å². The van der Waals surface area contributed by atoms with E-state index < -0.39 is 5.97 Å². The Hall–Kier alpha value is -2.50. The lowest BCUT2D eigenvalue weighted by Gasteiger charge is -1.93. The van der Waals surface area contributed by atoms with Crippen LogP contribution in [0, 0.1) is 0 Å². The number of nitrogens with two attached hydrogens (primary N) is 1. The van der Waals surface area contributed by atoms with Gasteiger partial charge in [0.05, 0.1) is 5.56 Å². The SMILES string of the molecule is Nc1ccc(C(=O)O)cc1.c1ncncn1. The van der Waals surface area contributed by atoms with Crippen LogP contribution in [-0.4, -0.2) is 26.0 Å². The van der Waals surface area contributed by atoms with Crippen molar-refractivity contribution in [3.63, 3.8) is 0 Å². The minimum atomic E-state index is -0.931. The van der Waals surface area contributed by atoms with Crippen molar-refractivity contribution in [1.29, 1.82) is 0 Å². The van der Waals surface area contributed by atoms with Gasteiger partial charge in [-0.15, -0.1) is 0 Å². The molecule has 0 spiro atoms. The van der Waals surface area contributed by atoms with Crippen molar-refractivity contribution in [2.24, 2.45) is 0 Å². The van der Waals surface area contributed by atoms with Gasteiger partial charge in [0.15, 0.2) is 0 Å². The van der Waals surface area contributed by atoms with Gasteiger partial charge in [0.1, 0.15) is 19.0 Å². The minimum Gasteiger partial charge on any atom is -0.478 e. The van der Waals surface area contributed by atoms with E-state index >= 15 is 0 Å². The predicted octanol–water partition coefficient (Wildman–Crippen LogP) is 0.839. The smallest absolute Gasteiger partial charge is 0.335 e. The van der Waals surface area contributed by atoms with E-state index in [0.717, 1.165) is 0 Å². The maximum atomic E-state index is 10.3. The lowest BCUT2D eigenvalue weighted by atomic mass is 10.2. The standard InChI is InChI=1S/C7H7NO2.C3H3N3/c8-6-3-1-5(2-4-6)7(9)10;1-4-2-6-3-5-1/h1-4H,8H2,(H,9,10);1-3H. The molecule has 6 nitrogen and oxygen atoms in total. The van der Waals surface area contributed by atoms with Gasteiger partial charge in [-0.25, -0.2) is 19.7 Å². The summed E-state index contributed by atoms with van der Waals surface area (Å²) in [5.41, 5.74) is 6.17. The van der Waals surface area contributed by atoms with Crippen LogP contribution in [-0.2, 0) is 0 Å². The van der Waals surface area contributed by atoms with Gasteiger partial charge in [0, 0.05) is 5.69 Å². The molecule has 1 heterocycles. The third-order valence-electron chi connectivity index (χ3n) is 1.56. The number of carbonyl (C=O) groups is 1. The second-order valence-electron chi connectivity index (χ2n) is 2.72. The molecule has 0 bridgehead atoms. The highest BCUT2D eigenvalue weighted by molar-refractivity contribution is 5.87. The summed E-state index contributed by atoms with van der Waals surface area (Å²) in [6, 6.07) is 6.06. The molecule has 3 N–H and O–H groups in total. The molecule has 2 rings (SSSR count). The molecule has 0 radical (unpaired) electrons. The highest BCUT2D eigenvalue weighted by Gasteiger charge is 1.98. The summed E-state index contributed by atoms with van der Waals surface area (Å²) in [7, 11) is 0. The number of nitrogen functional groups attached to an aromatic ring is 1. The Morgan fingerprint density at radius 3 is 1.75 bits per heavy atom. The number of aromatic carboxylic acids is 1. The van der Waals surface area contributed by atoms with Gasteiger partial charge in [-0.1, -0.05) is 0 Å². The zero-order chi connectivity index (χ0) is 11.8. The Kier molecular flexibility index (Phi) is 4.39. The largest absolute Gasteiger partial charge is 0.478 e. The minimum absolute atomic E-state index is 0.259. The van der Waals surface area contributed by atoms with E-state index in [1.54, 1.807) is 12.1 Å². The lowest BCUT2D eigenvalue weighted by molar-refractivity contribution is 0.0697. The van der Waals surface area contributed by atoms with Crippen LogP contribution in [0.4, 0.5) is 5.69 Å². The molecule has 1 aromatic heterocycles. The second-order valence-corrected chi connectivity index (χ2v) is 2.72. The molecular formula is C10H10N4O2. The van der Waals surface area contributed by atoms with Crippen molar-refractivity contribution in [2.75, 3.05) is 5.73 Å². The van der Waals surface area contributed by atoms with Crippen molar-refractivity contribution in [2.45, 2.75) is 0 Å². The van der Waals surface area contributed by atoms with Crippen LogP contribution in [0.1, 0.15) is 10.4 Å². The molecule has 0 atom stereocenters. The molecule has 2 aromatic rings. The molecule has 0 saturated heterocycles. The van der Waals surface area contributed by atoms with E-state index in [-0.39, 0.29) is 5.56 Å². The Bertz CT molecular complexity index is 404. The average molecular weight is 218 g/mol. The van der Waals surface area contributed by atoms with Gasteiger partial charge in [0.25, 0.3) is 0 Å². The van der Waals surface area contributed by atoms with Crippen molar-refractivity contribution in [3.05, 3.63) is 48.8 Å². The van der Waals surface area contributed by atoms with Crippen molar-refractivity contribution >= 4 is 11.7 Å². The number of hydrogen-bond acceptors (Lipinski definition) is 5. The molecular weight excluding hydrogens is 208 g/mol. The molecule has 0 aliphatic carbocycles. The van der Waals surface area contributed by atoms with Crippen LogP contribution in [0.5, 0.6) is 0 Å². The molecule has 0 unspecified atom stereocenters. The Morgan fingerprint density at radius 2 is 1.44 bits per heavy atom. The number of anilines is 1. The van der Waals surface area contributed by atoms with E-state index in [4.69, 9.17) is 10.8 Å². The molecule has 82 valence electrons. The summed E-state index contributed by atoms with van der Waals surface area (Å²) in [6.07, 6.45) is 4.31. The summed E-state index contributed by atoms with van der Waals surface area (Å²) < 4.78 is 0. The van der Waals surface area contributed by atoms with Crippen molar-refractivity contribution in [3.8, 4) is 0 Å². The Morgan fingerprint density at radius 1 is 1.00 bits per heavy atom. The first-order valence-corrected chi connectivity index (χ1v) is 4.34. The normalized spacial score (nSPS) is 8.75. The van der Waals surface area contributed by atoms with Crippen molar-refractivity contribution in [1.82, 2.24) is 15.0 Å². The number of carboxylic acids is 1. The summed E-state index contributed by atoms with van der Waals surface area (Å²) in [5, 5.41) is 8.43. The number of carboxylic acid groups (broad SMARTS) is 1. The van der Waals surface area contributed by atoms with Gasteiger partial charge in [-0.3, -0.25) is 0 Å². The van der Waals surface area contributed by atoms with Crippen LogP contribution in [0.25, 0.3) is 0 Å². The molecule has 16 heavy (non-hydrogen) atoms. The molecule has 0 amide bonds.